The standard InChI is InChI=1S/C39H61N7O7/c1-14-38(17-40-31(47)24(2)3,18-41-32(48)25(4)5)19-45-36(52)29(12)15-16-30(13)37(53)46-23-39(20-42-33(49)26(6)7,21-43-34(50)27(8)9)22-44-35(51)28(10)11/h15-16,33,42,49H,2,4,6,8,10,14,17-23H2,1,3,5,7,9,11-13H3,(H,40,47)(H,41,48)(H,43,50)(H,44,51)(H,45,52)(H,46,53)/b29-15+,30-16+. The van der Waals surface area contributed by atoms with E-state index in [0.29, 0.717) is 23.1 Å². The molecular weight excluding hydrogens is 678 g/mol. The largest absolute Gasteiger partial charge is 0.375 e. The molecule has 0 fully saturated rings. The van der Waals surface area contributed by atoms with E-state index in [-0.39, 0.29) is 79.9 Å². The fraction of sp³-hybridized carbons (Fsp3) is 0.487. The second-order valence-electron chi connectivity index (χ2n) is 13.9. The minimum atomic E-state index is -1.09. The van der Waals surface area contributed by atoms with Crippen LogP contribution in [0.3, 0.4) is 0 Å². The van der Waals surface area contributed by atoms with Crippen molar-refractivity contribution in [3.05, 3.63) is 84.1 Å². The summed E-state index contributed by atoms with van der Waals surface area (Å²) >= 11 is 0. The molecule has 6 amide bonds. The van der Waals surface area contributed by atoms with Gasteiger partial charge in [0.2, 0.25) is 35.4 Å². The molecular formula is C39H61N7O7. The second-order valence-corrected chi connectivity index (χ2v) is 13.9. The molecule has 294 valence electrons. The molecule has 0 aromatic heterocycles. The summed E-state index contributed by atoms with van der Waals surface area (Å²) in [6, 6.07) is 0. The van der Waals surface area contributed by atoms with Gasteiger partial charge in [-0.05, 0) is 60.5 Å². The molecule has 0 aromatic carbocycles. The van der Waals surface area contributed by atoms with Gasteiger partial charge in [-0.15, -0.1) is 0 Å². The lowest BCUT2D eigenvalue weighted by atomic mass is 9.84. The third-order valence-corrected chi connectivity index (χ3v) is 8.48. The SMILES string of the molecule is C=C(C)C(=O)NCC(CC)(CNC(=O)C(=C)C)CNC(=O)/C(C)=C/C=C(\C)C(=O)NCC(CNC(=O)C(=C)C)(CNC(=O)C(=C)C)CNC(O)C(=C)C. The third-order valence-electron chi connectivity index (χ3n) is 8.48. The van der Waals surface area contributed by atoms with Crippen LogP contribution in [0.5, 0.6) is 0 Å². The van der Waals surface area contributed by atoms with Gasteiger partial charge in [0.05, 0.1) is 0 Å². The summed E-state index contributed by atoms with van der Waals surface area (Å²) in [6.45, 7) is 31.7. The molecule has 0 saturated heterocycles. The van der Waals surface area contributed by atoms with Crippen molar-refractivity contribution in [1.82, 2.24) is 37.2 Å². The highest BCUT2D eigenvalue weighted by molar-refractivity contribution is 5.96. The van der Waals surface area contributed by atoms with Gasteiger partial charge in [0.25, 0.3) is 0 Å². The predicted octanol–water partition coefficient (Wildman–Crippen LogP) is 1.75. The Morgan fingerprint density at radius 2 is 0.755 bits per heavy atom. The van der Waals surface area contributed by atoms with E-state index in [1.807, 2.05) is 6.92 Å². The number of aliphatic hydroxyl groups is 1. The number of amides is 6. The van der Waals surface area contributed by atoms with E-state index >= 15 is 0 Å². The Hall–Kier alpha value is -5.08. The highest BCUT2D eigenvalue weighted by atomic mass is 16.3. The molecule has 0 aliphatic rings. The van der Waals surface area contributed by atoms with E-state index in [1.165, 1.54) is 12.2 Å². The van der Waals surface area contributed by atoms with Crippen LogP contribution in [0.2, 0.25) is 0 Å². The molecule has 14 nitrogen and oxygen atoms in total. The van der Waals surface area contributed by atoms with Gasteiger partial charge in [0.15, 0.2) is 0 Å². The average Bonchev–Trinajstić information content (AvgIpc) is 3.11. The van der Waals surface area contributed by atoms with Crippen molar-refractivity contribution in [3.8, 4) is 0 Å². The van der Waals surface area contributed by atoms with Crippen molar-refractivity contribution in [2.45, 2.75) is 68.0 Å². The molecule has 0 heterocycles. The fourth-order valence-corrected chi connectivity index (χ4v) is 4.32. The maximum Gasteiger partial charge on any atom is 0.246 e. The van der Waals surface area contributed by atoms with Crippen molar-refractivity contribution in [2.75, 3.05) is 45.8 Å². The molecule has 0 aliphatic carbocycles. The number of carbonyl (C=O) groups is 6. The summed E-state index contributed by atoms with van der Waals surface area (Å²) in [7, 11) is 0. The van der Waals surface area contributed by atoms with E-state index < -0.39 is 40.7 Å². The zero-order chi connectivity index (χ0) is 41.1. The normalized spacial score (nSPS) is 12.4. The molecule has 8 N–H and O–H groups in total. The third kappa shape index (κ3) is 17.8. The Morgan fingerprint density at radius 1 is 0.491 bits per heavy atom. The minimum absolute atomic E-state index is 0.0136. The molecule has 0 bridgehead atoms. The Morgan fingerprint density at radius 3 is 1.00 bits per heavy atom. The van der Waals surface area contributed by atoms with Gasteiger partial charge in [-0.1, -0.05) is 52.0 Å². The molecule has 0 rings (SSSR count). The van der Waals surface area contributed by atoms with Gasteiger partial charge >= 0.3 is 0 Å². The van der Waals surface area contributed by atoms with E-state index in [4.69, 9.17) is 0 Å². The van der Waals surface area contributed by atoms with E-state index in [1.54, 1.807) is 48.5 Å². The number of nitrogens with one attached hydrogen (secondary N) is 7. The zero-order valence-electron chi connectivity index (χ0n) is 32.8. The molecule has 0 saturated carbocycles. The van der Waals surface area contributed by atoms with Crippen LogP contribution < -0.4 is 37.2 Å². The Bertz CT molecular complexity index is 1460. The van der Waals surface area contributed by atoms with Gasteiger partial charge < -0.3 is 37.0 Å². The second kappa shape index (κ2) is 22.8. The van der Waals surface area contributed by atoms with Gasteiger partial charge in [-0.25, -0.2) is 0 Å². The number of rotatable bonds is 24. The number of carbonyl (C=O) groups excluding carboxylic acids is 6. The summed E-state index contributed by atoms with van der Waals surface area (Å²) in [5, 5.41) is 30.2. The van der Waals surface area contributed by atoms with Crippen molar-refractivity contribution in [3.63, 3.8) is 0 Å². The molecule has 14 heteroatoms. The Kier molecular flexibility index (Phi) is 20.6. The van der Waals surface area contributed by atoms with Crippen LogP contribution in [0.15, 0.2) is 84.1 Å². The first-order chi connectivity index (χ1) is 24.5. The maximum atomic E-state index is 13.3. The lowest BCUT2D eigenvalue weighted by Gasteiger charge is -2.36. The van der Waals surface area contributed by atoms with Gasteiger partial charge in [-0.3, -0.25) is 34.1 Å². The molecule has 1 unspecified atom stereocenters. The molecule has 1 atom stereocenters. The predicted molar refractivity (Wildman–Crippen MR) is 209 cm³/mol. The highest BCUT2D eigenvalue weighted by Crippen LogP contribution is 2.20. The molecule has 0 aliphatic heterocycles. The highest BCUT2D eigenvalue weighted by Gasteiger charge is 2.34. The Labute approximate surface area is 314 Å². The molecule has 0 radical (unpaired) electrons. The molecule has 53 heavy (non-hydrogen) atoms. The van der Waals surface area contributed by atoms with Crippen molar-refractivity contribution in [1.29, 1.82) is 0 Å². The number of hydrogen-bond acceptors (Lipinski definition) is 8. The number of hydrogen-bond donors (Lipinski definition) is 8. The quantitative estimate of drug-likeness (QED) is 0.0316. The molecule has 0 aromatic rings. The van der Waals surface area contributed by atoms with Crippen LogP contribution in [-0.2, 0) is 28.8 Å². The zero-order valence-corrected chi connectivity index (χ0v) is 32.8. The van der Waals surface area contributed by atoms with Crippen LogP contribution in [-0.4, -0.2) is 92.6 Å². The Balaban J connectivity index is 6.09. The fourth-order valence-electron chi connectivity index (χ4n) is 4.32. The number of allylic oxidation sites excluding steroid dienone is 2. The minimum Gasteiger partial charge on any atom is -0.375 e. The maximum absolute atomic E-state index is 13.3. The first-order valence-corrected chi connectivity index (χ1v) is 17.2. The molecule has 0 spiro atoms. The average molecular weight is 740 g/mol. The van der Waals surface area contributed by atoms with Crippen molar-refractivity contribution in [2.24, 2.45) is 10.8 Å². The monoisotopic (exact) mass is 739 g/mol. The summed E-state index contributed by atoms with van der Waals surface area (Å²) < 4.78 is 0. The first-order valence-electron chi connectivity index (χ1n) is 17.2. The lowest BCUT2D eigenvalue weighted by molar-refractivity contribution is -0.120. The van der Waals surface area contributed by atoms with Crippen molar-refractivity contribution >= 4 is 35.4 Å². The van der Waals surface area contributed by atoms with E-state index in [0.717, 1.165) is 0 Å². The van der Waals surface area contributed by atoms with Crippen LogP contribution in [0, 0.1) is 10.8 Å². The van der Waals surface area contributed by atoms with Crippen LogP contribution in [0.1, 0.15) is 61.8 Å². The van der Waals surface area contributed by atoms with Crippen LogP contribution >= 0.6 is 0 Å². The van der Waals surface area contributed by atoms with Gasteiger partial charge in [0, 0.05) is 90.1 Å². The van der Waals surface area contributed by atoms with Crippen LogP contribution in [0.25, 0.3) is 0 Å². The van der Waals surface area contributed by atoms with Gasteiger partial charge in [0.1, 0.15) is 6.23 Å². The van der Waals surface area contributed by atoms with Crippen molar-refractivity contribution < 1.29 is 33.9 Å². The summed E-state index contributed by atoms with van der Waals surface area (Å²) in [6.07, 6.45) is 2.38. The van der Waals surface area contributed by atoms with E-state index in [9.17, 15) is 33.9 Å². The van der Waals surface area contributed by atoms with E-state index in [2.05, 4.69) is 70.1 Å². The summed E-state index contributed by atoms with van der Waals surface area (Å²) in [5.74, 6) is -2.45. The topological polar surface area (TPSA) is 207 Å². The van der Waals surface area contributed by atoms with Crippen LogP contribution in [0.4, 0.5) is 0 Å². The number of aliphatic hydroxyl groups excluding tert-OH is 1. The van der Waals surface area contributed by atoms with Gasteiger partial charge in [-0.2, -0.15) is 0 Å². The summed E-state index contributed by atoms with van der Waals surface area (Å²) in [4.78, 5) is 75.8. The smallest absolute Gasteiger partial charge is 0.246 e. The lowest BCUT2D eigenvalue weighted by Crippen LogP contribution is -2.57. The first kappa shape index (κ1) is 47.9. The summed E-state index contributed by atoms with van der Waals surface area (Å²) in [5.41, 5.74) is 0.389.